The number of carboxylic acid groups (broad SMARTS) is 1. The minimum absolute atomic E-state index is 0.0820. The second-order valence-corrected chi connectivity index (χ2v) is 7.11. The van der Waals surface area contributed by atoms with E-state index in [0.29, 0.717) is 33.5 Å². The molecule has 2 amide bonds. The first kappa shape index (κ1) is 20.8. The molecule has 0 radical (unpaired) electrons. The molecule has 160 valence electrons. The van der Waals surface area contributed by atoms with Crippen LogP contribution in [0.15, 0.2) is 73.1 Å². The summed E-state index contributed by atoms with van der Waals surface area (Å²) in [4.78, 5) is 38.9. The van der Waals surface area contributed by atoms with Crippen molar-refractivity contribution in [2.24, 2.45) is 0 Å². The third-order valence-electron chi connectivity index (χ3n) is 5.26. The molecule has 0 bridgehead atoms. The number of carboxylic acids is 1. The van der Waals surface area contributed by atoms with E-state index in [-0.39, 0.29) is 17.4 Å². The second kappa shape index (κ2) is 8.35. The number of aromatic carboxylic acids is 1. The lowest BCUT2D eigenvalue weighted by atomic mass is 9.94. The summed E-state index contributed by atoms with van der Waals surface area (Å²) in [7, 11) is 3.13. The normalized spacial score (nSPS) is 10.7. The van der Waals surface area contributed by atoms with Gasteiger partial charge in [-0.1, -0.05) is 24.3 Å². The van der Waals surface area contributed by atoms with E-state index < -0.39 is 5.97 Å². The lowest BCUT2D eigenvalue weighted by Gasteiger charge is -2.21. The molecule has 0 saturated heterocycles. The molecular weight excluding hydrogens is 408 g/mol. The number of amides is 2. The Morgan fingerprint density at radius 2 is 1.78 bits per heavy atom. The van der Waals surface area contributed by atoms with Gasteiger partial charge >= 0.3 is 5.97 Å². The van der Waals surface area contributed by atoms with Gasteiger partial charge in [-0.3, -0.25) is 9.59 Å². The molecule has 0 unspecified atom stereocenters. The number of nitrogens with one attached hydrogen (secondary N) is 1. The van der Waals surface area contributed by atoms with Gasteiger partial charge in [0.25, 0.3) is 11.8 Å². The number of rotatable bonds is 5. The van der Waals surface area contributed by atoms with Crippen molar-refractivity contribution in [2.75, 3.05) is 19.0 Å². The first-order valence-corrected chi connectivity index (χ1v) is 9.81. The molecule has 2 N–H and O–H groups in total. The molecule has 0 saturated carbocycles. The Morgan fingerprint density at radius 3 is 2.53 bits per heavy atom. The van der Waals surface area contributed by atoms with Gasteiger partial charge in [0.2, 0.25) is 0 Å². The first-order valence-electron chi connectivity index (χ1n) is 9.81. The molecule has 4 rings (SSSR count). The predicted octanol–water partition coefficient (Wildman–Crippen LogP) is 3.34. The van der Waals surface area contributed by atoms with Crippen LogP contribution in [0.5, 0.6) is 0 Å². The van der Waals surface area contributed by atoms with Gasteiger partial charge in [-0.15, -0.1) is 0 Å². The SMILES string of the molecule is CNC(=O)c1ccccc1-c1c(C(=O)N(C)c2cccc(C(=O)O)c2)ccn2nccc12. The number of benzene rings is 2. The summed E-state index contributed by atoms with van der Waals surface area (Å²) in [6.45, 7) is 0. The van der Waals surface area contributed by atoms with Crippen LogP contribution in [-0.4, -0.2) is 46.6 Å². The number of hydrogen-bond donors (Lipinski definition) is 2. The van der Waals surface area contributed by atoms with Crippen LogP contribution in [-0.2, 0) is 0 Å². The Labute approximate surface area is 183 Å². The average molecular weight is 428 g/mol. The van der Waals surface area contributed by atoms with Gasteiger partial charge in [0.05, 0.1) is 16.6 Å². The Morgan fingerprint density at radius 1 is 1.00 bits per heavy atom. The van der Waals surface area contributed by atoms with E-state index in [9.17, 15) is 19.5 Å². The third-order valence-corrected chi connectivity index (χ3v) is 5.26. The van der Waals surface area contributed by atoms with Crippen LogP contribution >= 0.6 is 0 Å². The van der Waals surface area contributed by atoms with Gasteiger partial charge < -0.3 is 15.3 Å². The summed E-state index contributed by atoms with van der Waals surface area (Å²) in [6, 6.07) is 16.6. The number of hydrogen-bond acceptors (Lipinski definition) is 4. The predicted molar refractivity (Wildman–Crippen MR) is 120 cm³/mol. The van der Waals surface area contributed by atoms with Crippen LogP contribution in [0.4, 0.5) is 5.69 Å². The fourth-order valence-corrected chi connectivity index (χ4v) is 3.64. The highest BCUT2D eigenvalue weighted by atomic mass is 16.4. The molecule has 8 heteroatoms. The zero-order valence-electron chi connectivity index (χ0n) is 17.4. The number of nitrogens with zero attached hydrogens (tertiary/aromatic N) is 3. The Hall–Kier alpha value is -4.46. The van der Waals surface area contributed by atoms with Crippen LogP contribution in [0, 0.1) is 0 Å². The summed E-state index contributed by atoms with van der Waals surface area (Å²) in [6.07, 6.45) is 3.30. The summed E-state index contributed by atoms with van der Waals surface area (Å²) in [5.41, 5.74) is 3.13. The highest BCUT2D eigenvalue weighted by Gasteiger charge is 2.24. The van der Waals surface area contributed by atoms with E-state index in [0.717, 1.165) is 0 Å². The van der Waals surface area contributed by atoms with Crippen molar-refractivity contribution in [3.8, 4) is 11.1 Å². The van der Waals surface area contributed by atoms with Crippen molar-refractivity contribution in [3.05, 3.63) is 89.7 Å². The molecule has 4 aromatic rings. The third kappa shape index (κ3) is 3.58. The number of pyridine rings is 1. The van der Waals surface area contributed by atoms with Crippen molar-refractivity contribution in [2.45, 2.75) is 0 Å². The summed E-state index contributed by atoms with van der Waals surface area (Å²) in [5.74, 6) is -1.70. The molecule has 0 aliphatic carbocycles. The number of aromatic nitrogens is 2. The van der Waals surface area contributed by atoms with Crippen LogP contribution in [0.1, 0.15) is 31.1 Å². The van der Waals surface area contributed by atoms with Gasteiger partial charge in [0.1, 0.15) is 0 Å². The monoisotopic (exact) mass is 428 g/mol. The van der Waals surface area contributed by atoms with E-state index in [1.807, 2.05) is 0 Å². The number of fused-ring (bicyclic) bond motifs is 1. The molecule has 0 fully saturated rings. The lowest BCUT2D eigenvalue weighted by molar-refractivity contribution is 0.0696. The van der Waals surface area contributed by atoms with Crippen molar-refractivity contribution in [3.63, 3.8) is 0 Å². The number of anilines is 1. The molecule has 8 nitrogen and oxygen atoms in total. The maximum Gasteiger partial charge on any atom is 0.335 e. The first-order chi connectivity index (χ1) is 15.4. The summed E-state index contributed by atoms with van der Waals surface area (Å²) in [5, 5.41) is 16.2. The minimum atomic E-state index is -1.08. The quantitative estimate of drug-likeness (QED) is 0.507. The van der Waals surface area contributed by atoms with Gasteiger partial charge in [0, 0.05) is 43.3 Å². The Kier molecular flexibility index (Phi) is 5.43. The fourth-order valence-electron chi connectivity index (χ4n) is 3.64. The summed E-state index contributed by atoms with van der Waals surface area (Å²) >= 11 is 0. The highest BCUT2D eigenvalue weighted by Crippen LogP contribution is 2.33. The van der Waals surface area contributed by atoms with Gasteiger partial charge in [-0.2, -0.15) is 5.10 Å². The fraction of sp³-hybridized carbons (Fsp3) is 0.0833. The van der Waals surface area contributed by atoms with E-state index in [2.05, 4.69) is 10.4 Å². The summed E-state index contributed by atoms with van der Waals surface area (Å²) < 4.78 is 1.64. The van der Waals surface area contributed by atoms with Gasteiger partial charge in [-0.05, 0) is 42.0 Å². The van der Waals surface area contributed by atoms with Crippen molar-refractivity contribution in [1.29, 1.82) is 0 Å². The molecule has 2 aromatic carbocycles. The van der Waals surface area contributed by atoms with Crippen LogP contribution in [0.3, 0.4) is 0 Å². The van der Waals surface area contributed by atoms with E-state index in [1.54, 1.807) is 79.5 Å². The smallest absolute Gasteiger partial charge is 0.335 e. The van der Waals surface area contributed by atoms with Crippen molar-refractivity contribution >= 4 is 29.0 Å². The zero-order chi connectivity index (χ0) is 22.8. The molecule has 0 aliphatic rings. The molecule has 2 aromatic heterocycles. The minimum Gasteiger partial charge on any atom is -0.478 e. The molecular formula is C24H20N4O4. The largest absolute Gasteiger partial charge is 0.478 e. The van der Waals surface area contributed by atoms with E-state index in [4.69, 9.17) is 0 Å². The highest BCUT2D eigenvalue weighted by molar-refractivity contribution is 6.14. The Balaban J connectivity index is 1.90. The number of carbonyl (C=O) groups is 3. The average Bonchev–Trinajstić information content (AvgIpc) is 3.31. The zero-order valence-corrected chi connectivity index (χ0v) is 17.4. The van der Waals surface area contributed by atoms with Gasteiger partial charge in [-0.25, -0.2) is 9.31 Å². The number of carbonyl (C=O) groups excluding carboxylic acids is 2. The molecule has 0 atom stereocenters. The van der Waals surface area contributed by atoms with Crippen molar-refractivity contribution in [1.82, 2.24) is 14.9 Å². The molecule has 2 heterocycles. The van der Waals surface area contributed by atoms with Crippen LogP contribution < -0.4 is 10.2 Å². The molecule has 0 aliphatic heterocycles. The molecule has 32 heavy (non-hydrogen) atoms. The van der Waals surface area contributed by atoms with Gasteiger partial charge in [0.15, 0.2) is 0 Å². The topological polar surface area (TPSA) is 104 Å². The standard InChI is InChI=1S/C24H20N4O4/c1-25-22(29)18-9-4-3-8-17(18)21-19(11-13-28-20(21)10-12-26-28)23(30)27(2)16-7-5-6-15(14-16)24(31)32/h3-14H,1-2H3,(H,25,29)(H,31,32). The van der Waals surface area contributed by atoms with E-state index >= 15 is 0 Å². The maximum absolute atomic E-state index is 13.6. The molecule has 0 spiro atoms. The maximum atomic E-state index is 13.6. The lowest BCUT2D eigenvalue weighted by Crippen LogP contribution is -2.27. The van der Waals surface area contributed by atoms with Crippen molar-refractivity contribution < 1.29 is 19.5 Å². The van der Waals surface area contributed by atoms with E-state index in [1.165, 1.54) is 17.0 Å². The Bertz CT molecular complexity index is 1360. The van der Waals surface area contributed by atoms with Crippen LogP contribution in [0.25, 0.3) is 16.6 Å². The second-order valence-electron chi connectivity index (χ2n) is 7.11. The van der Waals surface area contributed by atoms with Crippen LogP contribution in [0.2, 0.25) is 0 Å².